The summed E-state index contributed by atoms with van der Waals surface area (Å²) < 4.78 is 63.8. The summed E-state index contributed by atoms with van der Waals surface area (Å²) in [6.45, 7) is 12.9. The van der Waals surface area contributed by atoms with Crippen molar-refractivity contribution in [1.82, 2.24) is 35.7 Å². The van der Waals surface area contributed by atoms with Gasteiger partial charge in [-0.1, -0.05) is 63.2 Å². The first kappa shape index (κ1) is 55.8. The number of thiazole rings is 1. The van der Waals surface area contributed by atoms with E-state index in [2.05, 4.69) is 25.9 Å². The summed E-state index contributed by atoms with van der Waals surface area (Å²) in [5.74, 6) is -3.52. The van der Waals surface area contributed by atoms with Crippen LogP contribution in [0, 0.1) is 24.0 Å². The molecule has 2 aromatic heterocycles. The highest BCUT2D eigenvalue weighted by molar-refractivity contribution is 7.13. The molecule has 5 aromatic rings. The topological polar surface area (TPSA) is 187 Å². The van der Waals surface area contributed by atoms with Crippen molar-refractivity contribution < 1.29 is 51.7 Å². The zero-order chi connectivity index (χ0) is 53.3. The smallest absolute Gasteiger partial charge is 0.246 e. The number of hydrogen-bond donors (Lipinski definition) is 5. The number of likely N-dealkylation sites (tertiary alicyclic amines) is 1. The van der Waals surface area contributed by atoms with Gasteiger partial charge in [-0.15, -0.1) is 11.3 Å². The second-order valence-electron chi connectivity index (χ2n) is 20.7. The van der Waals surface area contributed by atoms with Gasteiger partial charge in [0.25, 0.3) is 0 Å². The number of nitrogens with one attached hydrogen (secondary N) is 4. The molecule has 398 valence electrons. The van der Waals surface area contributed by atoms with Crippen molar-refractivity contribution in [2.24, 2.45) is 5.41 Å². The largest absolute Gasteiger partial charge is 0.391 e. The number of aromatic nitrogens is 2. The lowest BCUT2D eigenvalue weighted by Gasteiger charge is -2.43. The minimum atomic E-state index is -1.63. The molecule has 1 fully saturated rings. The molecule has 5 N–H and O–H groups in total. The van der Waals surface area contributed by atoms with Crippen LogP contribution in [0.4, 0.5) is 13.2 Å². The molecule has 4 heterocycles. The van der Waals surface area contributed by atoms with E-state index in [9.17, 15) is 24.3 Å². The number of aliphatic hydroxyl groups excluding tert-OH is 1. The molecule has 2 aliphatic heterocycles. The van der Waals surface area contributed by atoms with Crippen molar-refractivity contribution in [2.75, 3.05) is 59.3 Å². The van der Waals surface area contributed by atoms with Crippen LogP contribution in [0.3, 0.4) is 0 Å². The molecule has 2 aliphatic rings. The minimum Gasteiger partial charge on any atom is -0.391 e. The zero-order valence-corrected chi connectivity index (χ0v) is 43.9. The van der Waals surface area contributed by atoms with Gasteiger partial charge in [0.2, 0.25) is 23.6 Å². The van der Waals surface area contributed by atoms with Gasteiger partial charge in [0.05, 0.1) is 61.3 Å². The maximum Gasteiger partial charge on any atom is 0.246 e. The summed E-state index contributed by atoms with van der Waals surface area (Å²) in [5.41, 5.74) is 4.66. The van der Waals surface area contributed by atoms with Crippen LogP contribution >= 0.6 is 11.3 Å². The van der Waals surface area contributed by atoms with E-state index in [1.807, 2.05) is 67.3 Å². The molecule has 7 rings (SSSR count). The molecule has 0 bridgehead atoms. The molecule has 0 spiro atoms. The molecule has 5 atom stereocenters. The number of fused-ring (bicyclic) bond motifs is 3. The quantitative estimate of drug-likeness (QED) is 0.0359. The zero-order valence-electron chi connectivity index (χ0n) is 43.1. The third kappa shape index (κ3) is 14.2. The highest BCUT2D eigenvalue weighted by Crippen LogP contribution is 2.43. The number of hydrogen-bond acceptors (Lipinski definition) is 11. The van der Waals surface area contributed by atoms with Crippen LogP contribution in [0.15, 0.2) is 72.3 Å². The number of halogens is 3. The van der Waals surface area contributed by atoms with E-state index in [0.29, 0.717) is 12.1 Å². The number of aliphatic hydroxyl groups is 1. The fourth-order valence-electron chi connectivity index (χ4n) is 9.52. The Balaban J connectivity index is 0.788. The molecule has 0 radical (unpaired) electrons. The van der Waals surface area contributed by atoms with E-state index in [1.165, 1.54) is 43.0 Å². The van der Waals surface area contributed by atoms with Gasteiger partial charge in [-0.25, -0.2) is 18.2 Å². The summed E-state index contributed by atoms with van der Waals surface area (Å²) in [6, 6.07) is 14.8. The lowest BCUT2D eigenvalue weighted by Crippen LogP contribution is -2.58. The Morgan fingerprint density at radius 1 is 0.946 bits per heavy atom. The maximum atomic E-state index is 16.1. The van der Waals surface area contributed by atoms with E-state index in [1.54, 1.807) is 37.6 Å². The van der Waals surface area contributed by atoms with Crippen molar-refractivity contribution in [3.63, 3.8) is 0 Å². The Labute approximate surface area is 434 Å². The van der Waals surface area contributed by atoms with E-state index in [4.69, 9.17) is 14.2 Å². The van der Waals surface area contributed by atoms with Crippen LogP contribution in [0.25, 0.3) is 27.4 Å². The molecule has 1 unspecified atom stereocenters. The summed E-state index contributed by atoms with van der Waals surface area (Å²) >= 11 is 1.56. The van der Waals surface area contributed by atoms with E-state index in [-0.39, 0.29) is 89.4 Å². The molecular weight excluding hydrogens is 976 g/mol. The van der Waals surface area contributed by atoms with Crippen molar-refractivity contribution >= 4 is 51.9 Å². The fraction of sp³-hybridized carbons (Fsp3) is 0.473. The number of rotatable bonds is 22. The second-order valence-corrected chi connectivity index (χ2v) is 21.5. The fourth-order valence-corrected chi connectivity index (χ4v) is 10.3. The Bertz CT molecular complexity index is 2770. The molecular formula is C55H68F3N7O8S. The first-order chi connectivity index (χ1) is 35.2. The average Bonchev–Trinajstić information content (AvgIpc) is 4.07. The predicted octanol–water partition coefficient (Wildman–Crippen LogP) is 6.95. The Hall–Kier alpha value is -5.96. The molecule has 74 heavy (non-hydrogen) atoms. The first-order valence-corrected chi connectivity index (χ1v) is 25.8. The molecule has 0 aliphatic carbocycles. The number of ether oxygens (including phenoxy) is 3. The number of carbonyl (C=O) groups is 4. The lowest BCUT2D eigenvalue weighted by molar-refractivity contribution is -0.144. The summed E-state index contributed by atoms with van der Waals surface area (Å²) in [4.78, 5) is 64.8. The first-order valence-electron chi connectivity index (χ1n) is 25.0. The maximum absolute atomic E-state index is 16.1. The number of amides is 4. The number of benzene rings is 3. The van der Waals surface area contributed by atoms with Crippen molar-refractivity contribution in [1.29, 1.82) is 0 Å². The van der Waals surface area contributed by atoms with E-state index < -0.39 is 70.6 Å². The van der Waals surface area contributed by atoms with Crippen LogP contribution in [-0.2, 0) is 46.4 Å². The van der Waals surface area contributed by atoms with Gasteiger partial charge in [0, 0.05) is 66.9 Å². The van der Waals surface area contributed by atoms with Crippen molar-refractivity contribution in [2.45, 2.75) is 104 Å². The van der Waals surface area contributed by atoms with E-state index in [0.717, 1.165) is 38.2 Å². The molecule has 1 saturated heterocycles. The van der Waals surface area contributed by atoms with Gasteiger partial charge in [0.15, 0.2) is 0 Å². The number of alkyl halides is 1. The standard InChI is InChI=1S/C55H68F3N7O8S/c1-33-24-40-39-10-8-9-11-43(39)62-48(40)49(65(33)31-55(6,7)58)47-41(56)25-36(26-42(47)57)14-17-45(67)59-18-19-71-20-21-72-22-23-73-30-46(68)63-51(54(3,4)5)53(70)64-29-38(66)27-44(64)52(69)60-28-35-12-15-37(16-13-35)50-34(2)61-32-74-50/h8-17,25-26,32-33,38,44,49,51,62,66H,18-24,27-31H2,1-7H3,(H,59,67)(H,60,69)(H,63,68)/b17-14+/t33-,38-,44+,49-,51?/m1/s1. The van der Waals surface area contributed by atoms with Gasteiger partial charge in [-0.2, -0.15) is 0 Å². The number of nitrogens with zero attached hydrogens (tertiary/aromatic N) is 3. The van der Waals surface area contributed by atoms with Gasteiger partial charge < -0.3 is 45.2 Å². The van der Waals surface area contributed by atoms with Gasteiger partial charge >= 0.3 is 0 Å². The third-order valence-electron chi connectivity index (χ3n) is 13.1. The Morgan fingerprint density at radius 2 is 1.62 bits per heavy atom. The summed E-state index contributed by atoms with van der Waals surface area (Å²) in [7, 11) is 0. The number of aryl methyl sites for hydroxylation is 1. The predicted molar refractivity (Wildman–Crippen MR) is 278 cm³/mol. The number of carbonyl (C=O) groups excluding carboxylic acids is 4. The van der Waals surface area contributed by atoms with Gasteiger partial charge in [-0.3, -0.25) is 24.1 Å². The molecule has 3 aromatic carbocycles. The van der Waals surface area contributed by atoms with Crippen LogP contribution in [-0.4, -0.2) is 138 Å². The van der Waals surface area contributed by atoms with Crippen LogP contribution < -0.4 is 16.0 Å². The van der Waals surface area contributed by atoms with E-state index >= 15 is 13.2 Å². The average molecular weight is 1040 g/mol. The van der Waals surface area contributed by atoms with Crippen molar-refractivity contribution in [3.8, 4) is 10.4 Å². The van der Waals surface area contributed by atoms with Crippen LogP contribution in [0.2, 0.25) is 0 Å². The number of β-amino-alcohol motifs (C(OH)–C–C–N with tert-alkyl or cyclic N) is 1. The Kier molecular flexibility index (Phi) is 18.5. The monoisotopic (exact) mass is 1040 g/mol. The molecule has 19 heteroatoms. The lowest BCUT2D eigenvalue weighted by atomic mass is 9.85. The molecule has 0 saturated carbocycles. The normalized spacial score (nSPS) is 18.7. The van der Waals surface area contributed by atoms with Crippen LogP contribution in [0.1, 0.15) is 87.6 Å². The summed E-state index contributed by atoms with van der Waals surface area (Å²) in [6.07, 6.45) is 2.25. The molecule has 4 amide bonds. The minimum absolute atomic E-state index is 0.0407. The highest BCUT2D eigenvalue weighted by atomic mass is 32.1. The van der Waals surface area contributed by atoms with Gasteiger partial charge in [0.1, 0.15) is 36.0 Å². The third-order valence-corrected chi connectivity index (χ3v) is 14.1. The summed E-state index contributed by atoms with van der Waals surface area (Å²) in [5, 5.41) is 19.8. The van der Waals surface area contributed by atoms with Crippen molar-refractivity contribution in [3.05, 3.63) is 118 Å². The number of H-pyrrole nitrogens is 1. The highest BCUT2D eigenvalue weighted by Gasteiger charge is 2.45. The SMILES string of the molecule is Cc1ncsc1-c1ccc(CNC(=O)[C@@H]2C[C@@H](O)CN2C(=O)C(NC(=O)COCCOCCOCCNC(=O)/C=C/c2cc(F)c([C@@H]3c4[nH]c5ccccc5c4C[C@@H](C)N3CC(C)(C)F)c(F)c2)C(C)(C)C)cc1. The van der Waals surface area contributed by atoms with Gasteiger partial charge in [-0.05, 0) is 86.1 Å². The number of aromatic amines is 1. The molecule has 15 nitrogen and oxygen atoms in total. The van der Waals surface area contributed by atoms with Crippen LogP contribution in [0.5, 0.6) is 0 Å². The Morgan fingerprint density at radius 3 is 2.28 bits per heavy atom. The number of para-hydroxylation sites is 1. The second kappa shape index (κ2) is 24.6.